The Labute approximate surface area is 86.6 Å². The predicted molar refractivity (Wildman–Crippen MR) is 55.1 cm³/mol. The number of carbonyl (C=O) groups excluding carboxylic acids is 1. The highest BCUT2D eigenvalue weighted by Gasteiger charge is 2.08. The SMILES string of the molecule is CCc1nc(NC(=O)CC#N)sc1C. The Morgan fingerprint density at radius 1 is 1.71 bits per heavy atom. The van der Waals surface area contributed by atoms with E-state index in [0.29, 0.717) is 5.13 Å². The number of amides is 1. The highest BCUT2D eigenvalue weighted by Crippen LogP contribution is 2.22. The molecule has 0 spiro atoms. The van der Waals surface area contributed by atoms with Gasteiger partial charge in [-0.3, -0.25) is 4.79 Å². The molecule has 0 saturated heterocycles. The molecule has 0 saturated carbocycles. The molecule has 0 fully saturated rings. The number of aryl methyl sites for hydroxylation is 2. The topological polar surface area (TPSA) is 65.8 Å². The van der Waals surface area contributed by atoms with Crippen LogP contribution >= 0.6 is 11.3 Å². The number of nitriles is 1. The summed E-state index contributed by atoms with van der Waals surface area (Å²) in [5.74, 6) is -0.302. The first-order chi connectivity index (χ1) is 6.67. The van der Waals surface area contributed by atoms with Gasteiger partial charge in [-0.2, -0.15) is 5.26 Å². The van der Waals surface area contributed by atoms with Crippen molar-refractivity contribution in [2.75, 3.05) is 5.32 Å². The number of aromatic nitrogens is 1. The normalized spacial score (nSPS) is 9.50. The summed E-state index contributed by atoms with van der Waals surface area (Å²) in [5, 5.41) is 11.5. The van der Waals surface area contributed by atoms with Crippen molar-refractivity contribution in [1.29, 1.82) is 5.26 Å². The third-order valence-corrected chi connectivity index (χ3v) is 2.64. The van der Waals surface area contributed by atoms with E-state index < -0.39 is 0 Å². The van der Waals surface area contributed by atoms with Crippen LogP contribution in [-0.4, -0.2) is 10.9 Å². The summed E-state index contributed by atoms with van der Waals surface area (Å²) in [4.78, 5) is 16.4. The van der Waals surface area contributed by atoms with Gasteiger partial charge in [-0.15, -0.1) is 11.3 Å². The number of nitrogens with one attached hydrogen (secondary N) is 1. The smallest absolute Gasteiger partial charge is 0.240 e. The summed E-state index contributed by atoms with van der Waals surface area (Å²) in [5.41, 5.74) is 1.00. The molecule has 1 heterocycles. The fourth-order valence-corrected chi connectivity index (χ4v) is 1.96. The minimum absolute atomic E-state index is 0.125. The third kappa shape index (κ3) is 2.54. The Morgan fingerprint density at radius 3 is 2.93 bits per heavy atom. The van der Waals surface area contributed by atoms with Crippen LogP contribution in [0.4, 0.5) is 5.13 Å². The van der Waals surface area contributed by atoms with Crippen LogP contribution in [0.5, 0.6) is 0 Å². The predicted octanol–water partition coefficient (Wildman–Crippen LogP) is 1.87. The lowest BCUT2D eigenvalue weighted by Gasteiger charge is -1.94. The van der Waals surface area contributed by atoms with Crippen molar-refractivity contribution in [3.05, 3.63) is 10.6 Å². The van der Waals surface area contributed by atoms with Crippen LogP contribution in [0, 0.1) is 18.3 Å². The molecule has 5 heteroatoms. The van der Waals surface area contributed by atoms with Crippen molar-refractivity contribution in [2.45, 2.75) is 26.7 Å². The zero-order valence-corrected chi connectivity index (χ0v) is 8.94. The van der Waals surface area contributed by atoms with Crippen LogP contribution in [0.3, 0.4) is 0 Å². The summed E-state index contributed by atoms with van der Waals surface area (Å²) in [7, 11) is 0. The summed E-state index contributed by atoms with van der Waals surface area (Å²) in [6.45, 7) is 3.99. The molecule has 74 valence electrons. The molecular weight excluding hydrogens is 198 g/mol. The second-order valence-corrected chi connectivity index (χ2v) is 3.96. The molecule has 1 amide bonds. The van der Waals surface area contributed by atoms with Crippen LogP contribution in [-0.2, 0) is 11.2 Å². The Morgan fingerprint density at radius 2 is 2.43 bits per heavy atom. The molecule has 1 aromatic heterocycles. The summed E-state index contributed by atoms with van der Waals surface area (Å²) < 4.78 is 0. The van der Waals surface area contributed by atoms with Crippen molar-refractivity contribution in [3.8, 4) is 6.07 Å². The monoisotopic (exact) mass is 209 g/mol. The lowest BCUT2D eigenvalue weighted by atomic mass is 10.3. The first kappa shape index (κ1) is 10.7. The lowest BCUT2D eigenvalue weighted by molar-refractivity contribution is -0.115. The van der Waals surface area contributed by atoms with Crippen LogP contribution < -0.4 is 5.32 Å². The van der Waals surface area contributed by atoms with E-state index in [9.17, 15) is 4.79 Å². The van der Waals surface area contributed by atoms with Gasteiger partial charge in [0.05, 0.1) is 11.8 Å². The minimum atomic E-state index is -0.302. The van der Waals surface area contributed by atoms with E-state index in [1.807, 2.05) is 13.8 Å². The van der Waals surface area contributed by atoms with Gasteiger partial charge in [-0.1, -0.05) is 6.92 Å². The molecule has 1 N–H and O–H groups in total. The van der Waals surface area contributed by atoms with Crippen molar-refractivity contribution in [3.63, 3.8) is 0 Å². The van der Waals surface area contributed by atoms with Crippen molar-refractivity contribution >= 4 is 22.4 Å². The second-order valence-electron chi connectivity index (χ2n) is 2.76. The number of hydrogen-bond acceptors (Lipinski definition) is 4. The average Bonchev–Trinajstić information content (AvgIpc) is 2.46. The van der Waals surface area contributed by atoms with Crippen LogP contribution in [0.15, 0.2) is 0 Å². The third-order valence-electron chi connectivity index (χ3n) is 1.71. The van der Waals surface area contributed by atoms with E-state index in [4.69, 9.17) is 5.26 Å². The van der Waals surface area contributed by atoms with E-state index in [1.54, 1.807) is 6.07 Å². The number of anilines is 1. The zero-order chi connectivity index (χ0) is 10.6. The second kappa shape index (κ2) is 4.72. The average molecular weight is 209 g/mol. The van der Waals surface area contributed by atoms with Gasteiger partial charge in [0.2, 0.25) is 5.91 Å². The molecule has 0 aliphatic heterocycles. The van der Waals surface area contributed by atoms with Gasteiger partial charge < -0.3 is 5.32 Å². The van der Waals surface area contributed by atoms with Gasteiger partial charge in [0, 0.05) is 4.88 Å². The first-order valence-corrected chi connectivity index (χ1v) is 5.12. The number of thiazole rings is 1. The molecule has 1 rings (SSSR count). The van der Waals surface area contributed by atoms with E-state index in [0.717, 1.165) is 17.0 Å². The van der Waals surface area contributed by atoms with Gasteiger partial charge in [0.25, 0.3) is 0 Å². The largest absolute Gasteiger partial charge is 0.301 e. The Bertz CT molecular complexity index is 378. The first-order valence-electron chi connectivity index (χ1n) is 4.30. The van der Waals surface area contributed by atoms with Gasteiger partial charge in [-0.05, 0) is 13.3 Å². The van der Waals surface area contributed by atoms with Gasteiger partial charge >= 0.3 is 0 Å². The lowest BCUT2D eigenvalue weighted by Crippen LogP contribution is -2.09. The number of carbonyl (C=O) groups is 1. The molecule has 0 aliphatic rings. The molecule has 14 heavy (non-hydrogen) atoms. The van der Waals surface area contributed by atoms with Gasteiger partial charge in [0.1, 0.15) is 6.42 Å². The maximum atomic E-state index is 11.1. The quantitative estimate of drug-likeness (QED) is 0.826. The van der Waals surface area contributed by atoms with Crippen molar-refractivity contribution in [2.24, 2.45) is 0 Å². The Balaban J connectivity index is 2.69. The number of hydrogen-bond donors (Lipinski definition) is 1. The summed E-state index contributed by atoms with van der Waals surface area (Å²) in [6, 6.07) is 1.79. The molecule has 4 nitrogen and oxygen atoms in total. The fourth-order valence-electron chi connectivity index (χ4n) is 1.04. The Hall–Kier alpha value is -1.41. The van der Waals surface area contributed by atoms with Gasteiger partial charge in [-0.25, -0.2) is 4.98 Å². The molecule has 0 bridgehead atoms. The molecule has 0 aromatic carbocycles. The van der Waals surface area contributed by atoms with E-state index in [-0.39, 0.29) is 12.3 Å². The van der Waals surface area contributed by atoms with Crippen LogP contribution in [0.25, 0.3) is 0 Å². The minimum Gasteiger partial charge on any atom is -0.301 e. The van der Waals surface area contributed by atoms with Gasteiger partial charge in [0.15, 0.2) is 5.13 Å². The van der Waals surface area contributed by atoms with Crippen molar-refractivity contribution < 1.29 is 4.79 Å². The number of rotatable bonds is 3. The van der Waals surface area contributed by atoms with Crippen LogP contribution in [0.1, 0.15) is 23.9 Å². The standard InChI is InChI=1S/C9H11N3OS/c1-3-7-6(2)14-9(11-7)12-8(13)4-5-10/h3-4H2,1-2H3,(H,11,12,13). The molecule has 1 aromatic rings. The fraction of sp³-hybridized carbons (Fsp3) is 0.444. The molecule has 0 unspecified atom stereocenters. The maximum Gasteiger partial charge on any atom is 0.240 e. The molecule has 0 atom stereocenters. The van der Waals surface area contributed by atoms with Crippen molar-refractivity contribution in [1.82, 2.24) is 4.98 Å². The Kier molecular flexibility index (Phi) is 3.60. The number of nitrogens with zero attached hydrogens (tertiary/aromatic N) is 2. The molecule has 0 radical (unpaired) electrons. The van der Waals surface area contributed by atoms with E-state index >= 15 is 0 Å². The van der Waals surface area contributed by atoms with Crippen LogP contribution in [0.2, 0.25) is 0 Å². The summed E-state index contributed by atoms with van der Waals surface area (Å²) in [6.07, 6.45) is 0.733. The summed E-state index contributed by atoms with van der Waals surface area (Å²) >= 11 is 1.44. The molecular formula is C9H11N3OS. The zero-order valence-electron chi connectivity index (χ0n) is 8.13. The highest BCUT2D eigenvalue weighted by atomic mass is 32.1. The highest BCUT2D eigenvalue weighted by molar-refractivity contribution is 7.15. The van der Waals surface area contributed by atoms with E-state index in [1.165, 1.54) is 11.3 Å². The molecule has 0 aliphatic carbocycles. The van der Waals surface area contributed by atoms with E-state index in [2.05, 4.69) is 10.3 Å². The maximum absolute atomic E-state index is 11.1.